The van der Waals surface area contributed by atoms with Gasteiger partial charge in [-0.05, 0) is 42.3 Å². The summed E-state index contributed by atoms with van der Waals surface area (Å²) in [5, 5.41) is 11.1. The molecule has 1 amide bonds. The molecule has 1 saturated heterocycles. The number of amides is 1. The largest absolute Gasteiger partial charge is 0.497 e. The molecule has 0 spiro atoms. The van der Waals surface area contributed by atoms with Gasteiger partial charge in [0, 0.05) is 23.6 Å². The van der Waals surface area contributed by atoms with Crippen molar-refractivity contribution in [3.8, 4) is 5.75 Å². The van der Waals surface area contributed by atoms with Crippen LogP contribution in [0, 0.1) is 5.92 Å². The van der Waals surface area contributed by atoms with Gasteiger partial charge >= 0.3 is 5.97 Å². The maximum atomic E-state index is 14.2. The van der Waals surface area contributed by atoms with Crippen LogP contribution in [0.15, 0.2) is 78.9 Å². The van der Waals surface area contributed by atoms with E-state index in [0.29, 0.717) is 27.5 Å². The molecule has 8 heteroatoms. The monoisotopic (exact) mass is 521 g/mol. The van der Waals surface area contributed by atoms with Gasteiger partial charge < -0.3 is 19.5 Å². The van der Waals surface area contributed by atoms with Crippen LogP contribution >= 0.6 is 11.6 Å². The van der Waals surface area contributed by atoms with E-state index in [1.807, 2.05) is 0 Å². The average Bonchev–Trinajstić information content (AvgIpc) is 3.19. The summed E-state index contributed by atoms with van der Waals surface area (Å²) in [6, 6.07) is 21.6. The number of ketones is 1. The third kappa shape index (κ3) is 4.72. The van der Waals surface area contributed by atoms with Crippen molar-refractivity contribution in [2.24, 2.45) is 5.92 Å². The molecule has 1 aliphatic heterocycles. The fourth-order valence-corrected chi connectivity index (χ4v) is 5.55. The van der Waals surface area contributed by atoms with Gasteiger partial charge in [0.2, 0.25) is 5.91 Å². The zero-order chi connectivity index (χ0) is 26.7. The van der Waals surface area contributed by atoms with Gasteiger partial charge in [0.1, 0.15) is 17.9 Å². The SMILES string of the molecule is COCC(=O)N1C(c2ccc(OC)cc2)C(C(=O)c2ccccc2)C(c2ccc(Cl)cc2)C1(C)C(=O)O. The molecule has 1 N–H and O–H groups in total. The number of hydrogen-bond acceptors (Lipinski definition) is 5. The predicted molar refractivity (Wildman–Crippen MR) is 139 cm³/mol. The van der Waals surface area contributed by atoms with Crippen molar-refractivity contribution in [1.29, 1.82) is 0 Å². The lowest BCUT2D eigenvalue weighted by atomic mass is 9.71. The lowest BCUT2D eigenvalue weighted by Crippen LogP contribution is -2.55. The molecule has 1 heterocycles. The highest BCUT2D eigenvalue weighted by atomic mass is 35.5. The number of likely N-dealkylation sites (tertiary alicyclic amines) is 1. The first-order valence-corrected chi connectivity index (χ1v) is 12.1. The highest BCUT2D eigenvalue weighted by Gasteiger charge is 2.64. The van der Waals surface area contributed by atoms with Crippen LogP contribution in [-0.4, -0.2) is 54.0 Å². The second-order valence-corrected chi connectivity index (χ2v) is 9.59. The maximum absolute atomic E-state index is 14.2. The van der Waals surface area contributed by atoms with Crippen molar-refractivity contribution in [2.45, 2.75) is 24.4 Å². The van der Waals surface area contributed by atoms with Gasteiger partial charge in [-0.15, -0.1) is 0 Å². The Hall–Kier alpha value is -3.68. The van der Waals surface area contributed by atoms with E-state index in [1.165, 1.54) is 18.9 Å². The first-order valence-electron chi connectivity index (χ1n) is 11.8. The van der Waals surface area contributed by atoms with E-state index >= 15 is 0 Å². The second-order valence-electron chi connectivity index (χ2n) is 9.15. The first-order chi connectivity index (χ1) is 17.7. The molecular weight excluding hydrogens is 494 g/mol. The summed E-state index contributed by atoms with van der Waals surface area (Å²) in [5.74, 6) is -3.23. The molecule has 7 nitrogen and oxygen atoms in total. The van der Waals surface area contributed by atoms with E-state index in [-0.39, 0.29) is 12.4 Å². The van der Waals surface area contributed by atoms with Crippen molar-refractivity contribution < 1.29 is 29.0 Å². The summed E-state index contributed by atoms with van der Waals surface area (Å²) in [6.45, 7) is 1.16. The Labute approximate surface area is 220 Å². The Morgan fingerprint density at radius 3 is 2.05 bits per heavy atom. The van der Waals surface area contributed by atoms with Crippen molar-refractivity contribution in [2.75, 3.05) is 20.8 Å². The van der Waals surface area contributed by atoms with Crippen LogP contribution in [0.4, 0.5) is 0 Å². The highest BCUT2D eigenvalue weighted by molar-refractivity contribution is 6.30. The van der Waals surface area contributed by atoms with Crippen molar-refractivity contribution in [3.63, 3.8) is 0 Å². The van der Waals surface area contributed by atoms with E-state index in [9.17, 15) is 19.5 Å². The summed E-state index contributed by atoms with van der Waals surface area (Å²) >= 11 is 6.14. The Bertz CT molecular complexity index is 1280. The minimum atomic E-state index is -1.77. The minimum Gasteiger partial charge on any atom is -0.497 e. The molecule has 4 atom stereocenters. The lowest BCUT2D eigenvalue weighted by Gasteiger charge is -2.37. The molecule has 1 aliphatic rings. The number of ether oxygens (including phenoxy) is 2. The van der Waals surface area contributed by atoms with Crippen LogP contribution in [0.25, 0.3) is 0 Å². The van der Waals surface area contributed by atoms with Gasteiger partial charge in [0.25, 0.3) is 0 Å². The van der Waals surface area contributed by atoms with Gasteiger partial charge in [0.05, 0.1) is 19.1 Å². The van der Waals surface area contributed by atoms with E-state index in [2.05, 4.69) is 0 Å². The van der Waals surface area contributed by atoms with E-state index < -0.39 is 35.3 Å². The molecule has 0 aliphatic carbocycles. The summed E-state index contributed by atoms with van der Waals surface area (Å²) in [7, 11) is 2.91. The number of carboxylic acids is 1. The average molecular weight is 522 g/mol. The van der Waals surface area contributed by atoms with Crippen LogP contribution in [0.5, 0.6) is 5.75 Å². The molecule has 4 unspecified atom stereocenters. The molecule has 0 saturated carbocycles. The molecule has 0 bridgehead atoms. The Balaban J connectivity index is 2.03. The number of methoxy groups -OCH3 is 2. The molecule has 3 aromatic carbocycles. The summed E-state index contributed by atoms with van der Waals surface area (Å²) < 4.78 is 10.4. The molecule has 192 valence electrons. The van der Waals surface area contributed by atoms with Gasteiger partial charge in [-0.1, -0.05) is 66.2 Å². The van der Waals surface area contributed by atoms with Crippen molar-refractivity contribution >= 4 is 29.3 Å². The maximum Gasteiger partial charge on any atom is 0.330 e. The molecule has 0 radical (unpaired) electrons. The number of Topliss-reactive ketones (excluding diaryl/α,β-unsaturated/α-hetero) is 1. The molecule has 1 fully saturated rings. The number of halogens is 1. The zero-order valence-corrected chi connectivity index (χ0v) is 21.5. The molecule has 0 aromatic heterocycles. The molecule has 4 rings (SSSR count). The molecule has 37 heavy (non-hydrogen) atoms. The second kappa shape index (κ2) is 10.7. The third-order valence-corrected chi connectivity index (χ3v) is 7.35. The summed E-state index contributed by atoms with van der Waals surface area (Å²) in [5.41, 5.74) is -0.139. The van der Waals surface area contributed by atoms with E-state index in [4.69, 9.17) is 21.1 Å². The zero-order valence-electron chi connectivity index (χ0n) is 20.8. The van der Waals surface area contributed by atoms with Crippen molar-refractivity contribution in [1.82, 2.24) is 4.90 Å². The van der Waals surface area contributed by atoms with E-state index in [0.717, 1.165) is 0 Å². The van der Waals surface area contributed by atoms with E-state index in [1.54, 1.807) is 86.0 Å². The topological polar surface area (TPSA) is 93.1 Å². The number of carbonyl (C=O) groups is 3. The fourth-order valence-electron chi connectivity index (χ4n) is 5.42. The number of benzene rings is 3. The third-order valence-electron chi connectivity index (χ3n) is 7.10. The van der Waals surface area contributed by atoms with Gasteiger partial charge in [0.15, 0.2) is 5.78 Å². The number of nitrogens with zero attached hydrogens (tertiary/aromatic N) is 1. The van der Waals surface area contributed by atoms with Crippen LogP contribution < -0.4 is 4.74 Å². The first kappa shape index (κ1) is 26.4. The van der Waals surface area contributed by atoms with Crippen LogP contribution in [0.1, 0.15) is 40.4 Å². The van der Waals surface area contributed by atoms with Crippen LogP contribution in [0.2, 0.25) is 5.02 Å². The summed E-state index contributed by atoms with van der Waals surface area (Å²) in [4.78, 5) is 42.2. The van der Waals surface area contributed by atoms with Gasteiger partial charge in [-0.25, -0.2) is 4.79 Å². The highest BCUT2D eigenvalue weighted by Crippen LogP contribution is 2.56. The Kier molecular flexibility index (Phi) is 7.66. The Morgan fingerprint density at radius 2 is 1.51 bits per heavy atom. The predicted octanol–water partition coefficient (Wildman–Crippen LogP) is 5.00. The fraction of sp³-hybridized carbons (Fsp3) is 0.276. The minimum absolute atomic E-state index is 0.262. The molecular formula is C29H28ClNO6. The number of carbonyl (C=O) groups excluding carboxylic acids is 2. The Morgan fingerprint density at radius 1 is 0.919 bits per heavy atom. The molecule has 3 aromatic rings. The number of hydrogen-bond donors (Lipinski definition) is 1. The standard InChI is InChI=1S/C29H28ClNO6/c1-29(28(34)35)25(18-9-13-21(30)14-10-18)24(27(33)20-7-5-4-6-8-20)26(31(29)23(32)17-36-2)19-11-15-22(37-3)16-12-19/h4-16,24-26H,17H2,1-3H3,(H,34,35). The smallest absolute Gasteiger partial charge is 0.330 e. The van der Waals surface area contributed by atoms with Gasteiger partial charge in [-0.2, -0.15) is 0 Å². The number of aliphatic carboxylic acids is 1. The van der Waals surface area contributed by atoms with Crippen LogP contribution in [-0.2, 0) is 14.3 Å². The lowest BCUT2D eigenvalue weighted by molar-refractivity contribution is -0.159. The van der Waals surface area contributed by atoms with Crippen LogP contribution in [0.3, 0.4) is 0 Å². The normalized spacial score (nSPS) is 23.0. The number of rotatable bonds is 8. The quantitative estimate of drug-likeness (QED) is 0.419. The van der Waals surface area contributed by atoms with Gasteiger partial charge in [-0.3, -0.25) is 9.59 Å². The van der Waals surface area contributed by atoms with Crippen molar-refractivity contribution in [3.05, 3.63) is 101 Å². The summed E-state index contributed by atoms with van der Waals surface area (Å²) in [6.07, 6.45) is 0. The number of carboxylic acid groups (broad SMARTS) is 1.